The fourth-order valence-electron chi connectivity index (χ4n) is 1.43. The maximum Gasteiger partial charge on any atom is 0.187 e. The van der Waals surface area contributed by atoms with Gasteiger partial charge in [0.05, 0.1) is 10.2 Å². The number of hydrogen-bond donors (Lipinski definition) is 2. The van der Waals surface area contributed by atoms with Gasteiger partial charge in [0, 0.05) is 17.3 Å². The van der Waals surface area contributed by atoms with E-state index in [1.807, 2.05) is 23.6 Å². The molecule has 0 spiro atoms. The number of fused-ring (bicyclic) bond motifs is 1. The number of thiazole rings is 2. The van der Waals surface area contributed by atoms with Crippen LogP contribution in [0.4, 0.5) is 16.0 Å². The molecule has 0 saturated heterocycles. The van der Waals surface area contributed by atoms with Gasteiger partial charge in [0.25, 0.3) is 0 Å². The lowest BCUT2D eigenvalue weighted by molar-refractivity contribution is 1.39. The zero-order valence-electron chi connectivity index (χ0n) is 8.18. The molecule has 80 valence electrons. The molecule has 0 atom stereocenters. The van der Waals surface area contributed by atoms with Crippen LogP contribution in [0.5, 0.6) is 0 Å². The molecule has 0 unspecified atom stereocenters. The van der Waals surface area contributed by atoms with Crippen LogP contribution in [0.2, 0.25) is 0 Å². The Morgan fingerprint density at radius 2 is 2.25 bits per heavy atom. The third-order valence-corrected chi connectivity index (χ3v) is 3.64. The highest BCUT2D eigenvalue weighted by Crippen LogP contribution is 2.27. The van der Waals surface area contributed by atoms with Crippen molar-refractivity contribution in [2.75, 3.05) is 11.1 Å². The minimum Gasteiger partial charge on any atom is -0.375 e. The Labute approximate surface area is 99.8 Å². The molecule has 0 aliphatic rings. The molecule has 3 N–H and O–H groups in total. The van der Waals surface area contributed by atoms with E-state index in [1.165, 1.54) is 11.3 Å². The first-order valence-corrected chi connectivity index (χ1v) is 6.33. The summed E-state index contributed by atoms with van der Waals surface area (Å²) < 4.78 is 1.10. The summed E-state index contributed by atoms with van der Waals surface area (Å²) in [5, 5.41) is 6.62. The van der Waals surface area contributed by atoms with E-state index >= 15 is 0 Å². The van der Waals surface area contributed by atoms with Gasteiger partial charge in [0.15, 0.2) is 10.3 Å². The fourth-order valence-corrected chi connectivity index (χ4v) is 2.70. The zero-order chi connectivity index (χ0) is 11.0. The van der Waals surface area contributed by atoms with Gasteiger partial charge in [-0.05, 0) is 18.2 Å². The van der Waals surface area contributed by atoms with E-state index in [4.69, 9.17) is 5.73 Å². The summed E-state index contributed by atoms with van der Waals surface area (Å²) in [6.07, 6.45) is 1.77. The molecule has 16 heavy (non-hydrogen) atoms. The topological polar surface area (TPSA) is 63.8 Å². The smallest absolute Gasteiger partial charge is 0.187 e. The molecule has 0 amide bonds. The number of rotatable bonds is 2. The molecule has 0 saturated carbocycles. The summed E-state index contributed by atoms with van der Waals surface area (Å²) in [4.78, 5) is 8.40. The standard InChI is InChI=1S/C10H8N4S2/c11-9-14-7-5-6(1-2-8(7)16-9)13-10-12-3-4-15-10/h1-5H,(H2,11,14)(H,12,13). The van der Waals surface area contributed by atoms with Gasteiger partial charge in [-0.25, -0.2) is 9.97 Å². The number of hydrogen-bond acceptors (Lipinski definition) is 6. The van der Waals surface area contributed by atoms with Gasteiger partial charge in [0.2, 0.25) is 0 Å². The van der Waals surface area contributed by atoms with Crippen molar-refractivity contribution in [3.05, 3.63) is 29.8 Å². The fraction of sp³-hybridized carbons (Fsp3) is 0. The molecule has 1 aromatic carbocycles. The molecule has 2 heterocycles. The largest absolute Gasteiger partial charge is 0.375 e. The lowest BCUT2D eigenvalue weighted by atomic mass is 10.3. The Bertz CT molecular complexity index is 615. The lowest BCUT2D eigenvalue weighted by Gasteiger charge is -2.01. The molecule has 3 aromatic rings. The highest BCUT2D eigenvalue weighted by molar-refractivity contribution is 7.22. The third-order valence-electron chi connectivity index (χ3n) is 2.09. The molecule has 3 rings (SSSR count). The Hall–Kier alpha value is -1.66. The second kappa shape index (κ2) is 3.73. The number of nitrogens with zero attached hydrogens (tertiary/aromatic N) is 2. The van der Waals surface area contributed by atoms with Crippen molar-refractivity contribution in [2.45, 2.75) is 0 Å². The van der Waals surface area contributed by atoms with E-state index in [9.17, 15) is 0 Å². The summed E-state index contributed by atoms with van der Waals surface area (Å²) in [6.45, 7) is 0. The van der Waals surface area contributed by atoms with Gasteiger partial charge in [-0.3, -0.25) is 0 Å². The summed E-state index contributed by atoms with van der Waals surface area (Å²) in [5.41, 5.74) is 7.55. The monoisotopic (exact) mass is 248 g/mol. The first-order valence-electron chi connectivity index (χ1n) is 4.64. The summed E-state index contributed by atoms with van der Waals surface area (Å²) in [6, 6.07) is 5.99. The normalized spacial score (nSPS) is 10.8. The van der Waals surface area contributed by atoms with Crippen LogP contribution in [0.1, 0.15) is 0 Å². The van der Waals surface area contributed by atoms with Crippen LogP contribution in [-0.2, 0) is 0 Å². The highest BCUT2D eigenvalue weighted by Gasteiger charge is 2.03. The molecule has 4 nitrogen and oxygen atoms in total. The van der Waals surface area contributed by atoms with Crippen LogP contribution in [0, 0.1) is 0 Å². The van der Waals surface area contributed by atoms with Crippen LogP contribution < -0.4 is 11.1 Å². The van der Waals surface area contributed by atoms with Crippen molar-refractivity contribution in [2.24, 2.45) is 0 Å². The molecule has 6 heteroatoms. The highest BCUT2D eigenvalue weighted by atomic mass is 32.1. The molecule has 0 fully saturated rings. The molecule has 0 aliphatic heterocycles. The van der Waals surface area contributed by atoms with E-state index in [0.717, 1.165) is 21.0 Å². The van der Waals surface area contributed by atoms with E-state index in [-0.39, 0.29) is 0 Å². The first kappa shape index (κ1) is 9.56. The molecular weight excluding hydrogens is 240 g/mol. The van der Waals surface area contributed by atoms with Gasteiger partial charge in [-0.1, -0.05) is 11.3 Å². The lowest BCUT2D eigenvalue weighted by Crippen LogP contribution is -1.88. The van der Waals surface area contributed by atoms with Crippen molar-refractivity contribution >= 4 is 48.8 Å². The van der Waals surface area contributed by atoms with Crippen molar-refractivity contribution < 1.29 is 0 Å². The number of aromatic nitrogens is 2. The van der Waals surface area contributed by atoms with E-state index in [0.29, 0.717) is 5.13 Å². The van der Waals surface area contributed by atoms with Crippen molar-refractivity contribution in [1.29, 1.82) is 0 Å². The van der Waals surface area contributed by atoms with Crippen molar-refractivity contribution in [1.82, 2.24) is 9.97 Å². The van der Waals surface area contributed by atoms with Crippen LogP contribution in [0.25, 0.3) is 10.2 Å². The first-order chi connectivity index (χ1) is 7.81. The van der Waals surface area contributed by atoms with Crippen LogP contribution in [-0.4, -0.2) is 9.97 Å². The molecule has 0 radical (unpaired) electrons. The van der Waals surface area contributed by atoms with E-state index in [2.05, 4.69) is 15.3 Å². The Morgan fingerprint density at radius 3 is 3.06 bits per heavy atom. The third kappa shape index (κ3) is 1.72. The molecular formula is C10H8N4S2. The number of nitrogens with two attached hydrogens (primary N) is 1. The van der Waals surface area contributed by atoms with Gasteiger partial charge >= 0.3 is 0 Å². The van der Waals surface area contributed by atoms with Gasteiger partial charge in [-0.15, -0.1) is 11.3 Å². The Kier molecular flexibility index (Phi) is 2.23. The minimum atomic E-state index is 0.599. The van der Waals surface area contributed by atoms with Gasteiger partial charge < -0.3 is 11.1 Å². The van der Waals surface area contributed by atoms with Crippen LogP contribution in [0.15, 0.2) is 29.8 Å². The van der Waals surface area contributed by atoms with Crippen LogP contribution in [0.3, 0.4) is 0 Å². The number of nitrogen functional groups attached to an aromatic ring is 1. The Morgan fingerprint density at radius 1 is 1.31 bits per heavy atom. The quantitative estimate of drug-likeness (QED) is 0.731. The maximum atomic E-state index is 5.65. The summed E-state index contributed by atoms with van der Waals surface area (Å²) in [5.74, 6) is 0. The number of benzene rings is 1. The Balaban J connectivity index is 1.98. The van der Waals surface area contributed by atoms with Crippen molar-refractivity contribution in [3.8, 4) is 0 Å². The average molecular weight is 248 g/mol. The van der Waals surface area contributed by atoms with E-state index < -0.39 is 0 Å². The predicted molar refractivity (Wildman–Crippen MR) is 69.4 cm³/mol. The molecule has 0 aliphatic carbocycles. The summed E-state index contributed by atoms with van der Waals surface area (Å²) >= 11 is 3.06. The second-order valence-electron chi connectivity index (χ2n) is 3.20. The molecule has 2 aromatic heterocycles. The van der Waals surface area contributed by atoms with Crippen molar-refractivity contribution in [3.63, 3.8) is 0 Å². The van der Waals surface area contributed by atoms with E-state index in [1.54, 1.807) is 17.5 Å². The SMILES string of the molecule is Nc1nc2cc(Nc3nccs3)ccc2s1. The average Bonchev–Trinajstić information content (AvgIpc) is 2.85. The number of anilines is 3. The predicted octanol–water partition coefficient (Wildman–Crippen LogP) is 3.08. The number of nitrogens with one attached hydrogen (secondary N) is 1. The maximum absolute atomic E-state index is 5.65. The van der Waals surface area contributed by atoms with Crippen LogP contribution >= 0.6 is 22.7 Å². The second-order valence-corrected chi connectivity index (χ2v) is 5.15. The summed E-state index contributed by atoms with van der Waals surface area (Å²) in [7, 11) is 0. The zero-order valence-corrected chi connectivity index (χ0v) is 9.81. The van der Waals surface area contributed by atoms with Gasteiger partial charge in [-0.2, -0.15) is 0 Å². The molecule has 0 bridgehead atoms. The van der Waals surface area contributed by atoms with Gasteiger partial charge in [0.1, 0.15) is 0 Å². The minimum absolute atomic E-state index is 0.599.